The van der Waals surface area contributed by atoms with Gasteiger partial charge < -0.3 is 5.32 Å². The van der Waals surface area contributed by atoms with E-state index in [0.717, 1.165) is 25.3 Å². The van der Waals surface area contributed by atoms with Crippen LogP contribution in [0.5, 0.6) is 0 Å². The van der Waals surface area contributed by atoms with Gasteiger partial charge in [-0.25, -0.2) is 4.68 Å². The molecule has 0 fully saturated rings. The quantitative estimate of drug-likeness (QED) is 0.585. The maximum Gasteiger partial charge on any atom is 0.142 e. The Bertz CT molecular complexity index is 307. The van der Waals surface area contributed by atoms with Gasteiger partial charge in [0.05, 0.1) is 6.20 Å². The van der Waals surface area contributed by atoms with Crippen molar-refractivity contribution in [2.24, 2.45) is 0 Å². The summed E-state index contributed by atoms with van der Waals surface area (Å²) in [5.41, 5.74) is 0.643. The fourth-order valence-corrected chi connectivity index (χ4v) is 1.26. The molecule has 1 N–H and O–H groups in total. The molecule has 1 aromatic heterocycles. The van der Waals surface area contributed by atoms with Crippen molar-refractivity contribution in [1.82, 2.24) is 9.78 Å². The minimum absolute atomic E-state index is 0.643. The van der Waals surface area contributed by atoms with Crippen molar-refractivity contribution in [2.75, 3.05) is 11.9 Å². The molecule has 0 atom stereocenters. The van der Waals surface area contributed by atoms with Gasteiger partial charge in [-0.1, -0.05) is 0 Å². The molecule has 4 nitrogen and oxygen atoms in total. The van der Waals surface area contributed by atoms with Crippen LogP contribution in [0.3, 0.4) is 0 Å². The largest absolute Gasteiger partial charge is 0.369 e. The molecule has 0 aliphatic carbocycles. The van der Waals surface area contributed by atoms with Crippen LogP contribution >= 0.6 is 0 Å². The highest BCUT2D eigenvalue weighted by Gasteiger charge is 2.12. The van der Waals surface area contributed by atoms with Crippen molar-refractivity contribution in [2.45, 2.75) is 13.0 Å². The summed E-state index contributed by atoms with van der Waals surface area (Å²) in [6.45, 7) is 1.87. The average Bonchev–Trinajstić information content (AvgIpc) is 2.47. The van der Waals surface area contributed by atoms with Gasteiger partial charge in [-0.15, -0.1) is 0 Å². The number of anilines is 1. The molecule has 2 rings (SSSR count). The summed E-state index contributed by atoms with van der Waals surface area (Å²) in [7, 11) is 0. The first-order valence-electron chi connectivity index (χ1n) is 3.61. The SMILES string of the molecule is N#Cc1cnn2c1NCCC2. The van der Waals surface area contributed by atoms with Crippen LogP contribution in [0, 0.1) is 11.3 Å². The van der Waals surface area contributed by atoms with E-state index in [-0.39, 0.29) is 0 Å². The smallest absolute Gasteiger partial charge is 0.142 e. The van der Waals surface area contributed by atoms with E-state index in [4.69, 9.17) is 5.26 Å². The number of aromatic nitrogens is 2. The number of hydrogen-bond donors (Lipinski definition) is 1. The first kappa shape index (κ1) is 6.23. The molecular formula is C7H8N4. The van der Waals surface area contributed by atoms with E-state index in [1.54, 1.807) is 6.20 Å². The molecule has 0 saturated carbocycles. The second kappa shape index (κ2) is 2.27. The van der Waals surface area contributed by atoms with Gasteiger partial charge >= 0.3 is 0 Å². The summed E-state index contributed by atoms with van der Waals surface area (Å²) in [6.07, 6.45) is 2.69. The predicted molar refractivity (Wildman–Crippen MR) is 40.0 cm³/mol. The standard InChI is InChI=1S/C7H8N4/c8-4-6-5-10-11-3-1-2-9-7(6)11/h5,9H,1-3H2. The third-order valence-corrected chi connectivity index (χ3v) is 1.80. The Morgan fingerprint density at radius 1 is 1.73 bits per heavy atom. The van der Waals surface area contributed by atoms with Gasteiger partial charge in [0.25, 0.3) is 0 Å². The molecule has 0 saturated heterocycles. The zero-order valence-corrected chi connectivity index (χ0v) is 6.04. The minimum Gasteiger partial charge on any atom is -0.369 e. The van der Waals surface area contributed by atoms with E-state index in [2.05, 4.69) is 16.5 Å². The van der Waals surface area contributed by atoms with Crippen LogP contribution in [0.15, 0.2) is 6.20 Å². The Balaban J connectivity index is 2.48. The van der Waals surface area contributed by atoms with Crippen LogP contribution in [0.4, 0.5) is 5.82 Å². The maximum absolute atomic E-state index is 8.64. The van der Waals surface area contributed by atoms with E-state index in [1.807, 2.05) is 4.68 Å². The summed E-state index contributed by atoms with van der Waals surface area (Å²) in [5, 5.41) is 15.8. The highest BCUT2D eigenvalue weighted by Crippen LogP contribution is 2.17. The normalized spacial score (nSPS) is 14.8. The second-order valence-electron chi connectivity index (χ2n) is 2.52. The van der Waals surface area contributed by atoms with Gasteiger partial charge in [0.2, 0.25) is 0 Å². The van der Waals surface area contributed by atoms with Crippen LogP contribution < -0.4 is 5.32 Å². The molecule has 1 aromatic rings. The van der Waals surface area contributed by atoms with Crippen molar-refractivity contribution in [1.29, 1.82) is 5.26 Å². The summed E-state index contributed by atoms with van der Waals surface area (Å²) < 4.78 is 1.84. The molecule has 0 bridgehead atoms. The molecular weight excluding hydrogens is 140 g/mol. The van der Waals surface area contributed by atoms with Crippen molar-refractivity contribution in [3.8, 4) is 6.07 Å². The lowest BCUT2D eigenvalue weighted by molar-refractivity contribution is 0.567. The molecule has 1 aliphatic rings. The van der Waals surface area contributed by atoms with E-state index < -0.39 is 0 Å². The van der Waals surface area contributed by atoms with Gasteiger partial charge in [-0.2, -0.15) is 10.4 Å². The van der Waals surface area contributed by atoms with Crippen molar-refractivity contribution in [3.63, 3.8) is 0 Å². The molecule has 1 aliphatic heterocycles. The van der Waals surface area contributed by atoms with E-state index in [9.17, 15) is 0 Å². The number of hydrogen-bond acceptors (Lipinski definition) is 3. The Morgan fingerprint density at radius 2 is 2.64 bits per heavy atom. The molecule has 4 heteroatoms. The molecule has 11 heavy (non-hydrogen) atoms. The molecule has 0 spiro atoms. The Morgan fingerprint density at radius 3 is 3.45 bits per heavy atom. The summed E-state index contributed by atoms with van der Waals surface area (Å²) in [6, 6.07) is 2.09. The highest BCUT2D eigenvalue weighted by molar-refractivity contribution is 5.52. The lowest BCUT2D eigenvalue weighted by atomic mass is 10.3. The van der Waals surface area contributed by atoms with E-state index in [0.29, 0.717) is 5.56 Å². The number of rotatable bonds is 0. The lowest BCUT2D eigenvalue weighted by Gasteiger charge is -2.15. The van der Waals surface area contributed by atoms with Crippen molar-refractivity contribution >= 4 is 5.82 Å². The van der Waals surface area contributed by atoms with Crippen LogP contribution in [-0.2, 0) is 6.54 Å². The third kappa shape index (κ3) is 0.855. The number of nitriles is 1. The Hall–Kier alpha value is -1.50. The van der Waals surface area contributed by atoms with Crippen LogP contribution in [-0.4, -0.2) is 16.3 Å². The zero-order chi connectivity index (χ0) is 7.68. The molecule has 0 radical (unpaired) electrons. The zero-order valence-electron chi connectivity index (χ0n) is 6.04. The minimum atomic E-state index is 0.643. The molecule has 2 heterocycles. The first-order valence-corrected chi connectivity index (χ1v) is 3.61. The second-order valence-corrected chi connectivity index (χ2v) is 2.52. The van der Waals surface area contributed by atoms with Gasteiger partial charge in [0.1, 0.15) is 17.5 Å². The number of nitrogens with zero attached hydrogens (tertiary/aromatic N) is 3. The summed E-state index contributed by atoms with van der Waals surface area (Å²) in [5.74, 6) is 0.874. The molecule has 0 amide bonds. The van der Waals surface area contributed by atoms with Gasteiger partial charge in [-0.3, -0.25) is 0 Å². The Kier molecular flexibility index (Phi) is 1.29. The predicted octanol–water partition coefficient (Wildman–Crippen LogP) is 0.570. The first-order chi connectivity index (χ1) is 5.42. The summed E-state index contributed by atoms with van der Waals surface area (Å²) >= 11 is 0. The summed E-state index contributed by atoms with van der Waals surface area (Å²) in [4.78, 5) is 0. The average molecular weight is 148 g/mol. The Labute approximate surface area is 64.4 Å². The van der Waals surface area contributed by atoms with Crippen molar-refractivity contribution in [3.05, 3.63) is 11.8 Å². The molecule has 0 aromatic carbocycles. The number of aryl methyl sites for hydroxylation is 1. The number of fused-ring (bicyclic) bond motifs is 1. The fraction of sp³-hybridized carbons (Fsp3) is 0.429. The van der Waals surface area contributed by atoms with Gasteiger partial charge in [0.15, 0.2) is 0 Å². The number of nitrogens with one attached hydrogen (secondary N) is 1. The topological polar surface area (TPSA) is 53.6 Å². The van der Waals surface area contributed by atoms with Crippen LogP contribution in [0.25, 0.3) is 0 Å². The maximum atomic E-state index is 8.64. The van der Waals surface area contributed by atoms with Gasteiger partial charge in [-0.05, 0) is 6.42 Å². The monoisotopic (exact) mass is 148 g/mol. The molecule has 0 unspecified atom stereocenters. The lowest BCUT2D eigenvalue weighted by Crippen LogP contribution is -2.17. The third-order valence-electron chi connectivity index (χ3n) is 1.80. The van der Waals surface area contributed by atoms with Crippen LogP contribution in [0.1, 0.15) is 12.0 Å². The van der Waals surface area contributed by atoms with Crippen molar-refractivity contribution < 1.29 is 0 Å². The molecule has 56 valence electrons. The highest BCUT2D eigenvalue weighted by atomic mass is 15.3. The van der Waals surface area contributed by atoms with Crippen LogP contribution in [0.2, 0.25) is 0 Å². The fourth-order valence-electron chi connectivity index (χ4n) is 1.26. The van der Waals surface area contributed by atoms with E-state index in [1.165, 1.54) is 0 Å². The van der Waals surface area contributed by atoms with Gasteiger partial charge in [0, 0.05) is 13.1 Å². The van der Waals surface area contributed by atoms with E-state index >= 15 is 0 Å².